The van der Waals surface area contributed by atoms with Crippen LogP contribution in [0.1, 0.15) is 5.69 Å². The van der Waals surface area contributed by atoms with Crippen LogP contribution in [0, 0.1) is 0 Å². The lowest BCUT2D eigenvalue weighted by Crippen LogP contribution is -2.30. The first kappa shape index (κ1) is 13.2. The van der Waals surface area contributed by atoms with Gasteiger partial charge in [-0.3, -0.25) is 0 Å². The van der Waals surface area contributed by atoms with E-state index in [-0.39, 0.29) is 6.03 Å². The van der Waals surface area contributed by atoms with Crippen molar-refractivity contribution in [3.63, 3.8) is 0 Å². The van der Waals surface area contributed by atoms with Crippen LogP contribution in [0.5, 0.6) is 0 Å². The van der Waals surface area contributed by atoms with Gasteiger partial charge in [0.25, 0.3) is 0 Å². The molecule has 2 aromatic carbocycles. The molecule has 0 aliphatic carbocycles. The highest BCUT2D eigenvalue weighted by Crippen LogP contribution is 2.22. The second-order valence-electron chi connectivity index (χ2n) is 4.73. The van der Waals surface area contributed by atoms with Crippen LogP contribution >= 0.6 is 0 Å². The van der Waals surface area contributed by atoms with Crippen molar-refractivity contribution < 1.29 is 4.79 Å². The summed E-state index contributed by atoms with van der Waals surface area (Å²) in [4.78, 5) is 18.9. The molecule has 0 spiro atoms. The van der Waals surface area contributed by atoms with Gasteiger partial charge >= 0.3 is 6.03 Å². The van der Waals surface area contributed by atoms with Gasteiger partial charge in [0.05, 0.1) is 12.0 Å². The van der Waals surface area contributed by atoms with E-state index in [9.17, 15) is 4.79 Å². The third-order valence-electron chi connectivity index (χ3n) is 3.27. The zero-order valence-electron chi connectivity index (χ0n) is 11.5. The Labute approximate surface area is 122 Å². The van der Waals surface area contributed by atoms with Gasteiger partial charge in [-0.1, -0.05) is 36.4 Å². The van der Waals surface area contributed by atoms with E-state index in [1.807, 2.05) is 42.5 Å². The number of benzene rings is 2. The molecule has 0 unspecified atom stereocenters. The van der Waals surface area contributed by atoms with Crippen LogP contribution in [0.3, 0.4) is 0 Å². The maximum atomic E-state index is 11.9. The van der Waals surface area contributed by atoms with Crippen molar-refractivity contribution in [3.05, 3.63) is 60.7 Å². The molecule has 0 radical (unpaired) electrons. The van der Waals surface area contributed by atoms with E-state index in [0.717, 1.165) is 28.6 Å². The molecule has 0 aliphatic heterocycles. The molecule has 21 heavy (non-hydrogen) atoms. The molecule has 0 saturated heterocycles. The summed E-state index contributed by atoms with van der Waals surface area (Å²) in [6, 6.07) is 13.6. The van der Waals surface area contributed by atoms with Gasteiger partial charge in [0.1, 0.15) is 0 Å². The summed E-state index contributed by atoms with van der Waals surface area (Å²) in [7, 11) is 0. The largest absolute Gasteiger partial charge is 0.348 e. The highest BCUT2D eigenvalue weighted by molar-refractivity contribution is 6.01. The number of amides is 2. The maximum absolute atomic E-state index is 11.9. The number of imidazole rings is 1. The topological polar surface area (TPSA) is 69.8 Å². The molecule has 2 amide bonds. The maximum Gasteiger partial charge on any atom is 0.319 e. The molecule has 5 nitrogen and oxygen atoms in total. The summed E-state index contributed by atoms with van der Waals surface area (Å²) < 4.78 is 0. The predicted molar refractivity (Wildman–Crippen MR) is 83.3 cm³/mol. The first-order valence-corrected chi connectivity index (χ1v) is 6.83. The van der Waals surface area contributed by atoms with Gasteiger partial charge < -0.3 is 15.6 Å². The number of nitrogens with zero attached hydrogens (tertiary/aromatic N) is 1. The normalized spacial score (nSPS) is 10.5. The van der Waals surface area contributed by atoms with Gasteiger partial charge in [0.15, 0.2) is 0 Å². The molecule has 0 bridgehead atoms. The molecule has 5 heteroatoms. The van der Waals surface area contributed by atoms with Crippen molar-refractivity contribution in [2.24, 2.45) is 0 Å². The predicted octanol–water partition coefficient (Wildman–Crippen LogP) is 2.93. The average molecular weight is 280 g/mol. The van der Waals surface area contributed by atoms with E-state index in [1.54, 1.807) is 12.5 Å². The number of hydrogen-bond acceptors (Lipinski definition) is 2. The number of aromatic amines is 1. The van der Waals surface area contributed by atoms with Crippen molar-refractivity contribution in [1.82, 2.24) is 15.3 Å². The molecule has 0 saturated carbocycles. The fourth-order valence-electron chi connectivity index (χ4n) is 2.23. The standard InChI is InChI=1S/C16H16N4O/c21-16(18-9-8-13-10-17-11-19-13)20-15-7-3-5-12-4-1-2-6-14(12)15/h1-7,10-11H,8-9H2,(H,17,19)(H2,18,20,21). The van der Waals surface area contributed by atoms with E-state index < -0.39 is 0 Å². The molecule has 0 atom stereocenters. The van der Waals surface area contributed by atoms with Crippen LogP contribution in [0.2, 0.25) is 0 Å². The number of aromatic nitrogens is 2. The fourth-order valence-corrected chi connectivity index (χ4v) is 2.23. The number of anilines is 1. The van der Waals surface area contributed by atoms with Gasteiger partial charge in [0, 0.05) is 30.2 Å². The van der Waals surface area contributed by atoms with Crippen LogP contribution < -0.4 is 10.6 Å². The minimum atomic E-state index is -0.203. The zero-order chi connectivity index (χ0) is 14.5. The lowest BCUT2D eigenvalue weighted by Gasteiger charge is -2.09. The summed E-state index contributed by atoms with van der Waals surface area (Å²) in [6.07, 6.45) is 4.11. The number of rotatable bonds is 4. The molecule has 106 valence electrons. The van der Waals surface area contributed by atoms with Gasteiger partial charge in [-0.2, -0.15) is 0 Å². The van der Waals surface area contributed by atoms with Crippen LogP contribution in [0.4, 0.5) is 10.5 Å². The Balaban J connectivity index is 1.61. The summed E-state index contributed by atoms with van der Waals surface area (Å²) in [5.74, 6) is 0. The van der Waals surface area contributed by atoms with Crippen molar-refractivity contribution in [2.45, 2.75) is 6.42 Å². The number of hydrogen-bond donors (Lipinski definition) is 3. The molecule has 0 fully saturated rings. The van der Waals surface area contributed by atoms with Gasteiger partial charge in [-0.05, 0) is 11.5 Å². The van der Waals surface area contributed by atoms with Crippen molar-refractivity contribution in [3.8, 4) is 0 Å². The fraction of sp³-hybridized carbons (Fsp3) is 0.125. The molecular formula is C16H16N4O. The Morgan fingerprint density at radius 3 is 2.86 bits per heavy atom. The van der Waals surface area contributed by atoms with Gasteiger partial charge in [0.2, 0.25) is 0 Å². The Bertz CT molecular complexity index is 732. The Hall–Kier alpha value is -2.82. The molecule has 3 rings (SSSR count). The first-order chi connectivity index (χ1) is 10.3. The summed E-state index contributed by atoms with van der Waals surface area (Å²) >= 11 is 0. The minimum absolute atomic E-state index is 0.203. The number of fused-ring (bicyclic) bond motifs is 1. The van der Waals surface area contributed by atoms with E-state index >= 15 is 0 Å². The minimum Gasteiger partial charge on any atom is -0.348 e. The molecule has 1 heterocycles. The number of urea groups is 1. The SMILES string of the molecule is O=C(NCCc1cnc[nH]1)Nc1cccc2ccccc12. The van der Waals surface area contributed by atoms with Gasteiger partial charge in [-0.15, -0.1) is 0 Å². The van der Waals surface area contributed by atoms with E-state index in [4.69, 9.17) is 0 Å². The number of H-pyrrole nitrogens is 1. The van der Waals surface area contributed by atoms with Crippen LogP contribution in [-0.4, -0.2) is 22.5 Å². The van der Waals surface area contributed by atoms with E-state index in [2.05, 4.69) is 20.6 Å². The quantitative estimate of drug-likeness (QED) is 0.687. The lowest BCUT2D eigenvalue weighted by molar-refractivity contribution is 0.252. The molecule has 1 aromatic heterocycles. The lowest BCUT2D eigenvalue weighted by atomic mass is 10.1. The highest BCUT2D eigenvalue weighted by Gasteiger charge is 2.04. The van der Waals surface area contributed by atoms with Crippen molar-refractivity contribution in [1.29, 1.82) is 0 Å². The highest BCUT2D eigenvalue weighted by atomic mass is 16.2. The summed E-state index contributed by atoms with van der Waals surface area (Å²) in [6.45, 7) is 0.554. The Kier molecular flexibility index (Phi) is 3.82. The van der Waals surface area contributed by atoms with Crippen LogP contribution in [0.25, 0.3) is 10.8 Å². The van der Waals surface area contributed by atoms with Crippen molar-refractivity contribution >= 4 is 22.5 Å². The second kappa shape index (κ2) is 6.09. The summed E-state index contributed by atoms with van der Waals surface area (Å²) in [5.41, 5.74) is 1.81. The number of carbonyl (C=O) groups is 1. The Morgan fingerprint density at radius 2 is 2.00 bits per heavy atom. The zero-order valence-corrected chi connectivity index (χ0v) is 11.5. The van der Waals surface area contributed by atoms with Crippen molar-refractivity contribution in [2.75, 3.05) is 11.9 Å². The third kappa shape index (κ3) is 3.20. The number of carbonyl (C=O) groups excluding carboxylic acids is 1. The third-order valence-corrected chi connectivity index (χ3v) is 3.27. The van der Waals surface area contributed by atoms with E-state index in [0.29, 0.717) is 6.54 Å². The van der Waals surface area contributed by atoms with Crippen LogP contribution in [-0.2, 0) is 6.42 Å². The number of nitrogens with one attached hydrogen (secondary N) is 3. The monoisotopic (exact) mass is 280 g/mol. The molecule has 3 aromatic rings. The second-order valence-corrected chi connectivity index (χ2v) is 4.73. The van der Waals surface area contributed by atoms with Gasteiger partial charge in [-0.25, -0.2) is 9.78 Å². The van der Waals surface area contributed by atoms with E-state index in [1.165, 1.54) is 0 Å². The molecule has 3 N–H and O–H groups in total. The Morgan fingerprint density at radius 1 is 1.14 bits per heavy atom. The smallest absolute Gasteiger partial charge is 0.319 e. The first-order valence-electron chi connectivity index (χ1n) is 6.83. The molecule has 0 aliphatic rings. The average Bonchev–Trinajstić information content (AvgIpc) is 3.01. The van der Waals surface area contributed by atoms with Crippen LogP contribution in [0.15, 0.2) is 55.0 Å². The summed E-state index contributed by atoms with van der Waals surface area (Å²) in [5, 5.41) is 7.86. The molecular weight excluding hydrogens is 264 g/mol.